The highest BCUT2D eigenvalue weighted by Crippen LogP contribution is 2.33. The fourth-order valence-corrected chi connectivity index (χ4v) is 4.77. The molecule has 0 aliphatic carbocycles. The van der Waals surface area contributed by atoms with Crippen molar-refractivity contribution in [1.29, 1.82) is 0 Å². The number of rotatable bonds is 5. The second kappa shape index (κ2) is 8.67. The van der Waals surface area contributed by atoms with Crippen molar-refractivity contribution in [2.45, 2.75) is 23.8 Å². The predicted octanol–water partition coefficient (Wildman–Crippen LogP) is 3.59. The standard InChI is InChI=1S/C24H22N2O6S/c27-24(23-14-16-4-1-2-5-20(16)32-23)25-17-6-8-18(9-7-17)26-33(28,29)19-10-11-21-22(15-19)31-13-3-12-30-21/h1-2,4-11,15,23,26H,3,12-14H2,(H,25,27). The Morgan fingerprint density at radius 1 is 0.848 bits per heavy atom. The number of hydrogen-bond acceptors (Lipinski definition) is 6. The molecule has 33 heavy (non-hydrogen) atoms. The zero-order valence-electron chi connectivity index (χ0n) is 17.6. The predicted molar refractivity (Wildman–Crippen MR) is 122 cm³/mol. The summed E-state index contributed by atoms with van der Waals surface area (Å²) in [5, 5.41) is 2.81. The number of carbonyl (C=O) groups is 1. The van der Waals surface area contributed by atoms with E-state index in [9.17, 15) is 13.2 Å². The van der Waals surface area contributed by atoms with E-state index in [0.717, 1.165) is 17.7 Å². The Bertz CT molecular complexity index is 1270. The van der Waals surface area contributed by atoms with Gasteiger partial charge in [0, 0.05) is 30.3 Å². The van der Waals surface area contributed by atoms with Gasteiger partial charge in [0.25, 0.3) is 15.9 Å². The molecule has 3 aromatic rings. The van der Waals surface area contributed by atoms with Crippen LogP contribution in [-0.4, -0.2) is 33.6 Å². The lowest BCUT2D eigenvalue weighted by atomic mass is 10.1. The maximum atomic E-state index is 12.8. The third-order valence-corrected chi connectivity index (χ3v) is 6.75. The Morgan fingerprint density at radius 2 is 1.58 bits per heavy atom. The van der Waals surface area contributed by atoms with Crippen LogP contribution in [0.2, 0.25) is 0 Å². The molecule has 2 N–H and O–H groups in total. The summed E-state index contributed by atoms with van der Waals surface area (Å²) in [5.41, 5.74) is 1.90. The van der Waals surface area contributed by atoms with Crippen LogP contribution in [0.5, 0.6) is 17.2 Å². The minimum atomic E-state index is -3.83. The lowest BCUT2D eigenvalue weighted by molar-refractivity contribution is -0.122. The number of benzene rings is 3. The average Bonchev–Trinajstić information content (AvgIpc) is 3.11. The molecule has 1 amide bonds. The average molecular weight is 467 g/mol. The van der Waals surface area contributed by atoms with Crippen LogP contribution in [0.15, 0.2) is 71.6 Å². The van der Waals surface area contributed by atoms with Crippen LogP contribution in [0.1, 0.15) is 12.0 Å². The summed E-state index contributed by atoms with van der Waals surface area (Å²) < 4.78 is 45.0. The summed E-state index contributed by atoms with van der Waals surface area (Å²) in [7, 11) is -3.83. The topological polar surface area (TPSA) is 103 Å². The van der Waals surface area contributed by atoms with Gasteiger partial charge in [0.2, 0.25) is 0 Å². The van der Waals surface area contributed by atoms with Crippen LogP contribution in [0.3, 0.4) is 0 Å². The van der Waals surface area contributed by atoms with Crippen molar-refractivity contribution >= 4 is 27.3 Å². The van der Waals surface area contributed by atoms with E-state index in [-0.39, 0.29) is 10.8 Å². The Labute approximate surface area is 191 Å². The highest BCUT2D eigenvalue weighted by atomic mass is 32.2. The molecule has 3 aromatic carbocycles. The van der Waals surface area contributed by atoms with Crippen LogP contribution >= 0.6 is 0 Å². The maximum Gasteiger partial charge on any atom is 0.265 e. The van der Waals surface area contributed by atoms with Gasteiger partial charge in [0.05, 0.1) is 18.1 Å². The fraction of sp³-hybridized carbons (Fsp3) is 0.208. The van der Waals surface area contributed by atoms with Gasteiger partial charge in [-0.1, -0.05) is 18.2 Å². The van der Waals surface area contributed by atoms with Gasteiger partial charge in [-0.05, 0) is 48.0 Å². The van der Waals surface area contributed by atoms with E-state index in [4.69, 9.17) is 14.2 Å². The lowest BCUT2D eigenvalue weighted by Crippen LogP contribution is -2.31. The molecule has 0 radical (unpaired) electrons. The minimum absolute atomic E-state index is 0.0714. The first-order valence-electron chi connectivity index (χ1n) is 10.6. The monoisotopic (exact) mass is 466 g/mol. The Kier molecular flexibility index (Phi) is 5.55. The number of anilines is 2. The van der Waals surface area contributed by atoms with Gasteiger partial charge in [0.15, 0.2) is 17.6 Å². The van der Waals surface area contributed by atoms with E-state index >= 15 is 0 Å². The van der Waals surface area contributed by atoms with E-state index in [1.807, 2.05) is 24.3 Å². The normalized spacial score (nSPS) is 16.8. The van der Waals surface area contributed by atoms with Gasteiger partial charge in [-0.15, -0.1) is 0 Å². The van der Waals surface area contributed by atoms with Crippen LogP contribution in [0.25, 0.3) is 0 Å². The quantitative estimate of drug-likeness (QED) is 0.596. The molecule has 0 saturated carbocycles. The third kappa shape index (κ3) is 4.58. The molecule has 1 unspecified atom stereocenters. The highest BCUT2D eigenvalue weighted by Gasteiger charge is 2.28. The first-order valence-corrected chi connectivity index (χ1v) is 12.0. The third-order valence-electron chi connectivity index (χ3n) is 5.37. The van der Waals surface area contributed by atoms with Gasteiger partial charge in [-0.3, -0.25) is 9.52 Å². The number of para-hydroxylation sites is 1. The van der Waals surface area contributed by atoms with Crippen molar-refractivity contribution in [2.75, 3.05) is 23.3 Å². The van der Waals surface area contributed by atoms with Crippen molar-refractivity contribution in [3.63, 3.8) is 0 Å². The van der Waals surface area contributed by atoms with E-state index in [1.165, 1.54) is 12.1 Å². The summed E-state index contributed by atoms with van der Waals surface area (Å²) in [5.74, 6) is 1.40. The van der Waals surface area contributed by atoms with Gasteiger partial charge < -0.3 is 19.5 Å². The molecular formula is C24H22N2O6S. The molecule has 0 fully saturated rings. The Hall–Kier alpha value is -3.72. The van der Waals surface area contributed by atoms with Crippen molar-refractivity contribution in [3.8, 4) is 17.2 Å². The van der Waals surface area contributed by atoms with Crippen molar-refractivity contribution in [1.82, 2.24) is 0 Å². The Morgan fingerprint density at radius 3 is 2.36 bits per heavy atom. The van der Waals surface area contributed by atoms with Crippen LogP contribution < -0.4 is 24.2 Å². The molecule has 2 heterocycles. The first kappa shape index (κ1) is 21.1. The number of ether oxygens (including phenoxy) is 3. The highest BCUT2D eigenvalue weighted by molar-refractivity contribution is 7.92. The van der Waals surface area contributed by atoms with E-state index in [2.05, 4.69) is 10.0 Å². The molecule has 5 rings (SSSR count). The van der Waals surface area contributed by atoms with E-state index in [0.29, 0.717) is 42.5 Å². The second-order valence-corrected chi connectivity index (χ2v) is 9.43. The molecular weight excluding hydrogens is 444 g/mol. The zero-order chi connectivity index (χ0) is 22.8. The summed E-state index contributed by atoms with van der Waals surface area (Å²) >= 11 is 0. The zero-order valence-corrected chi connectivity index (χ0v) is 18.4. The van der Waals surface area contributed by atoms with Gasteiger partial charge in [-0.2, -0.15) is 0 Å². The molecule has 2 aliphatic rings. The maximum absolute atomic E-state index is 12.8. The first-order chi connectivity index (χ1) is 16.0. The number of hydrogen-bond donors (Lipinski definition) is 2. The van der Waals surface area contributed by atoms with Crippen molar-refractivity contribution < 1.29 is 27.4 Å². The van der Waals surface area contributed by atoms with E-state index in [1.54, 1.807) is 30.3 Å². The molecule has 170 valence electrons. The fourth-order valence-electron chi connectivity index (χ4n) is 3.70. The number of nitrogens with one attached hydrogen (secondary N) is 2. The molecule has 9 heteroatoms. The largest absolute Gasteiger partial charge is 0.490 e. The van der Waals surface area contributed by atoms with Crippen LogP contribution in [0, 0.1) is 0 Å². The second-order valence-electron chi connectivity index (χ2n) is 7.75. The van der Waals surface area contributed by atoms with Crippen LogP contribution in [-0.2, 0) is 21.2 Å². The van der Waals surface area contributed by atoms with Gasteiger partial charge >= 0.3 is 0 Å². The summed E-state index contributed by atoms with van der Waals surface area (Å²) in [6, 6.07) is 18.5. The summed E-state index contributed by atoms with van der Waals surface area (Å²) in [6.07, 6.45) is 0.646. The Balaban J connectivity index is 1.23. The smallest absolute Gasteiger partial charge is 0.265 e. The summed E-state index contributed by atoms with van der Waals surface area (Å²) in [6.45, 7) is 0.995. The lowest BCUT2D eigenvalue weighted by Gasteiger charge is -2.13. The molecule has 0 spiro atoms. The number of carbonyl (C=O) groups excluding carboxylic acids is 1. The van der Waals surface area contributed by atoms with Crippen molar-refractivity contribution in [2.24, 2.45) is 0 Å². The molecule has 0 saturated heterocycles. The molecule has 1 atom stereocenters. The van der Waals surface area contributed by atoms with Crippen molar-refractivity contribution in [3.05, 3.63) is 72.3 Å². The van der Waals surface area contributed by atoms with Gasteiger partial charge in [-0.25, -0.2) is 8.42 Å². The number of amides is 1. The molecule has 2 aliphatic heterocycles. The molecule has 8 nitrogen and oxygen atoms in total. The summed E-state index contributed by atoms with van der Waals surface area (Å²) in [4.78, 5) is 12.6. The van der Waals surface area contributed by atoms with E-state index < -0.39 is 16.1 Å². The van der Waals surface area contributed by atoms with Gasteiger partial charge in [0.1, 0.15) is 5.75 Å². The molecule has 0 aromatic heterocycles. The molecule has 0 bridgehead atoms. The number of fused-ring (bicyclic) bond motifs is 2. The minimum Gasteiger partial charge on any atom is -0.490 e. The number of sulfonamides is 1. The van der Waals surface area contributed by atoms with Crippen LogP contribution in [0.4, 0.5) is 11.4 Å². The SMILES string of the molecule is O=C(Nc1ccc(NS(=O)(=O)c2ccc3c(c2)OCCCO3)cc1)C1Cc2ccccc2O1.